The van der Waals surface area contributed by atoms with Crippen LogP contribution in [0.2, 0.25) is 0 Å². The lowest BCUT2D eigenvalue weighted by molar-refractivity contribution is -0.117. The summed E-state index contributed by atoms with van der Waals surface area (Å²) >= 11 is 1.45. The van der Waals surface area contributed by atoms with Crippen molar-refractivity contribution in [3.63, 3.8) is 0 Å². The molecular weight excluding hydrogens is 356 g/mol. The van der Waals surface area contributed by atoms with Crippen LogP contribution in [0.25, 0.3) is 5.69 Å². The number of aryl methyl sites for hydroxylation is 2. The molecule has 138 valence electrons. The van der Waals surface area contributed by atoms with Gasteiger partial charge in [-0.25, -0.2) is 0 Å². The average Bonchev–Trinajstić information content (AvgIpc) is 3.28. The summed E-state index contributed by atoms with van der Waals surface area (Å²) in [6.45, 7) is 6.83. The summed E-state index contributed by atoms with van der Waals surface area (Å²) < 4.78 is 1.96. The molecule has 0 radical (unpaired) electrons. The van der Waals surface area contributed by atoms with Gasteiger partial charge in [-0.05, 0) is 50.5 Å². The van der Waals surface area contributed by atoms with E-state index < -0.39 is 0 Å². The lowest BCUT2D eigenvalue weighted by atomic mass is 10.1. The van der Waals surface area contributed by atoms with E-state index in [4.69, 9.17) is 0 Å². The predicted molar refractivity (Wildman–Crippen MR) is 109 cm³/mol. The van der Waals surface area contributed by atoms with E-state index >= 15 is 0 Å². The predicted octanol–water partition coefficient (Wildman–Crippen LogP) is 3.95. The van der Waals surface area contributed by atoms with E-state index in [1.165, 1.54) is 22.9 Å². The molecule has 1 aliphatic heterocycles. The molecule has 3 aromatic rings. The van der Waals surface area contributed by atoms with E-state index in [9.17, 15) is 4.79 Å². The number of fused-ring (bicyclic) bond motifs is 1. The molecule has 1 atom stereocenters. The van der Waals surface area contributed by atoms with Crippen LogP contribution in [0.4, 0.5) is 5.69 Å². The largest absolute Gasteiger partial charge is 0.311 e. The summed E-state index contributed by atoms with van der Waals surface area (Å²) in [6, 6.07) is 14.4. The highest BCUT2D eigenvalue weighted by molar-refractivity contribution is 8.00. The molecule has 2 aromatic carbocycles. The normalized spacial score (nSPS) is 14.3. The van der Waals surface area contributed by atoms with Crippen molar-refractivity contribution >= 4 is 23.4 Å². The SMILES string of the molecule is Cc1ccc(-n2cnnc2SC(C)C(=O)N2CCc3ccccc32)c(C)c1. The minimum atomic E-state index is -0.245. The number of carbonyl (C=O) groups excluding carboxylic acids is 1. The van der Waals surface area contributed by atoms with E-state index in [0.717, 1.165) is 35.1 Å². The summed E-state index contributed by atoms with van der Waals surface area (Å²) in [6.07, 6.45) is 2.63. The third-order valence-corrected chi connectivity index (χ3v) is 5.96. The van der Waals surface area contributed by atoms with Gasteiger partial charge in [0.25, 0.3) is 0 Å². The Morgan fingerprint density at radius 3 is 2.78 bits per heavy atom. The van der Waals surface area contributed by atoms with Crippen LogP contribution < -0.4 is 4.90 Å². The highest BCUT2D eigenvalue weighted by Crippen LogP contribution is 2.32. The molecule has 2 heterocycles. The van der Waals surface area contributed by atoms with Gasteiger partial charge in [-0.3, -0.25) is 9.36 Å². The summed E-state index contributed by atoms with van der Waals surface area (Å²) in [5, 5.41) is 8.82. The maximum atomic E-state index is 13.0. The first-order valence-corrected chi connectivity index (χ1v) is 9.96. The van der Waals surface area contributed by atoms with Crippen molar-refractivity contribution < 1.29 is 4.79 Å². The third-order valence-electron chi connectivity index (χ3n) is 4.91. The number of anilines is 1. The van der Waals surface area contributed by atoms with Crippen molar-refractivity contribution in [3.05, 3.63) is 65.5 Å². The fourth-order valence-corrected chi connectivity index (χ4v) is 4.44. The van der Waals surface area contributed by atoms with Crippen LogP contribution in [0.5, 0.6) is 0 Å². The number of nitrogens with zero attached hydrogens (tertiary/aromatic N) is 4. The van der Waals surface area contributed by atoms with Gasteiger partial charge in [-0.15, -0.1) is 10.2 Å². The standard InChI is InChI=1S/C21H22N4OS/c1-14-8-9-18(15(2)12-14)25-13-22-23-21(25)27-16(3)20(26)24-11-10-17-6-4-5-7-19(17)24/h4-9,12-13,16H,10-11H2,1-3H3. The van der Waals surface area contributed by atoms with Crippen LogP contribution in [0.3, 0.4) is 0 Å². The first-order chi connectivity index (χ1) is 13.0. The van der Waals surface area contributed by atoms with Gasteiger partial charge >= 0.3 is 0 Å². The zero-order chi connectivity index (χ0) is 19.0. The van der Waals surface area contributed by atoms with Crippen LogP contribution >= 0.6 is 11.8 Å². The second kappa shape index (κ2) is 7.19. The summed E-state index contributed by atoms with van der Waals surface area (Å²) in [5.41, 5.74) is 5.69. The van der Waals surface area contributed by atoms with Crippen LogP contribution in [-0.2, 0) is 11.2 Å². The molecule has 0 saturated carbocycles. The number of carbonyl (C=O) groups is 1. The number of para-hydroxylation sites is 1. The Labute approximate surface area is 163 Å². The number of thioether (sulfide) groups is 1. The molecule has 0 bridgehead atoms. The number of hydrogen-bond donors (Lipinski definition) is 0. The highest BCUT2D eigenvalue weighted by atomic mass is 32.2. The Balaban J connectivity index is 1.55. The average molecular weight is 379 g/mol. The Bertz CT molecular complexity index is 997. The Kier molecular flexibility index (Phi) is 4.74. The quantitative estimate of drug-likeness (QED) is 0.645. The molecule has 0 spiro atoms. The second-order valence-electron chi connectivity index (χ2n) is 6.90. The molecule has 1 unspecified atom stereocenters. The molecule has 6 heteroatoms. The Morgan fingerprint density at radius 1 is 1.15 bits per heavy atom. The lowest BCUT2D eigenvalue weighted by Gasteiger charge is -2.21. The summed E-state index contributed by atoms with van der Waals surface area (Å²) in [5.74, 6) is 0.111. The van der Waals surface area contributed by atoms with Crippen molar-refractivity contribution in [1.82, 2.24) is 14.8 Å². The van der Waals surface area contributed by atoms with Crippen molar-refractivity contribution in [2.45, 2.75) is 37.6 Å². The lowest BCUT2D eigenvalue weighted by Crippen LogP contribution is -2.35. The molecule has 4 rings (SSSR count). The molecule has 5 nitrogen and oxygen atoms in total. The smallest absolute Gasteiger partial charge is 0.240 e. The van der Waals surface area contributed by atoms with Gasteiger partial charge in [0.1, 0.15) is 6.33 Å². The van der Waals surface area contributed by atoms with Crippen LogP contribution in [0.1, 0.15) is 23.6 Å². The number of rotatable bonds is 4. The van der Waals surface area contributed by atoms with Crippen molar-refractivity contribution in [2.24, 2.45) is 0 Å². The van der Waals surface area contributed by atoms with Crippen LogP contribution in [0, 0.1) is 13.8 Å². The maximum Gasteiger partial charge on any atom is 0.240 e. The Morgan fingerprint density at radius 2 is 1.96 bits per heavy atom. The van der Waals surface area contributed by atoms with Gasteiger partial charge in [0.15, 0.2) is 5.16 Å². The first kappa shape index (κ1) is 17.8. The molecule has 0 aliphatic carbocycles. The number of benzene rings is 2. The Hall–Kier alpha value is -2.60. The zero-order valence-electron chi connectivity index (χ0n) is 15.7. The minimum absolute atomic E-state index is 0.111. The molecule has 1 aliphatic rings. The van der Waals surface area contributed by atoms with E-state index in [-0.39, 0.29) is 11.2 Å². The first-order valence-electron chi connectivity index (χ1n) is 9.08. The summed E-state index contributed by atoms with van der Waals surface area (Å²) in [4.78, 5) is 14.9. The van der Waals surface area contributed by atoms with E-state index in [1.54, 1.807) is 6.33 Å². The van der Waals surface area contributed by atoms with Gasteiger partial charge in [0.2, 0.25) is 5.91 Å². The molecular formula is C21H22N4OS. The van der Waals surface area contributed by atoms with Crippen molar-refractivity contribution in [2.75, 3.05) is 11.4 Å². The van der Waals surface area contributed by atoms with Crippen LogP contribution in [0.15, 0.2) is 53.9 Å². The van der Waals surface area contributed by atoms with E-state index in [0.29, 0.717) is 0 Å². The number of hydrogen-bond acceptors (Lipinski definition) is 4. The van der Waals surface area contributed by atoms with Gasteiger partial charge in [0.05, 0.1) is 10.9 Å². The van der Waals surface area contributed by atoms with Gasteiger partial charge in [-0.2, -0.15) is 0 Å². The van der Waals surface area contributed by atoms with Gasteiger partial charge < -0.3 is 4.90 Å². The number of aromatic nitrogens is 3. The van der Waals surface area contributed by atoms with E-state index in [2.05, 4.69) is 48.3 Å². The van der Waals surface area contributed by atoms with Gasteiger partial charge in [-0.1, -0.05) is 47.7 Å². The maximum absolute atomic E-state index is 13.0. The van der Waals surface area contributed by atoms with Crippen molar-refractivity contribution in [3.8, 4) is 5.69 Å². The van der Waals surface area contributed by atoms with E-state index in [1.807, 2.05) is 34.6 Å². The highest BCUT2D eigenvalue weighted by Gasteiger charge is 2.29. The molecule has 1 amide bonds. The zero-order valence-corrected chi connectivity index (χ0v) is 16.5. The van der Waals surface area contributed by atoms with Crippen molar-refractivity contribution in [1.29, 1.82) is 0 Å². The summed E-state index contributed by atoms with van der Waals surface area (Å²) in [7, 11) is 0. The topological polar surface area (TPSA) is 51.0 Å². The molecule has 27 heavy (non-hydrogen) atoms. The molecule has 0 N–H and O–H groups in total. The fourth-order valence-electron chi connectivity index (χ4n) is 3.54. The minimum Gasteiger partial charge on any atom is -0.311 e. The number of amides is 1. The molecule has 0 saturated heterocycles. The van der Waals surface area contributed by atoms with Gasteiger partial charge in [0, 0.05) is 12.2 Å². The third kappa shape index (κ3) is 3.37. The monoisotopic (exact) mass is 378 g/mol. The molecule has 1 aromatic heterocycles. The fraction of sp³-hybridized carbons (Fsp3) is 0.286. The second-order valence-corrected chi connectivity index (χ2v) is 8.21. The molecule has 0 fully saturated rings. The van der Waals surface area contributed by atoms with Crippen LogP contribution in [-0.4, -0.2) is 32.5 Å².